The van der Waals surface area contributed by atoms with E-state index in [1.807, 2.05) is 42.7 Å². The molecule has 0 spiro atoms. The van der Waals surface area contributed by atoms with Crippen molar-refractivity contribution in [2.45, 2.75) is 27.2 Å². The van der Waals surface area contributed by atoms with Gasteiger partial charge in [-0.3, -0.25) is 4.79 Å². The number of anilines is 1. The van der Waals surface area contributed by atoms with Crippen molar-refractivity contribution in [2.24, 2.45) is 0 Å². The molecular formula is C25H23N3O3. The lowest BCUT2D eigenvalue weighted by atomic mass is 10.1. The van der Waals surface area contributed by atoms with Crippen LogP contribution in [0.5, 0.6) is 0 Å². The maximum atomic E-state index is 12.6. The maximum Gasteiger partial charge on any atom is 0.337 e. The van der Waals surface area contributed by atoms with Gasteiger partial charge in [0.1, 0.15) is 11.6 Å². The smallest absolute Gasteiger partial charge is 0.337 e. The van der Waals surface area contributed by atoms with Crippen LogP contribution in [0.2, 0.25) is 0 Å². The van der Waals surface area contributed by atoms with E-state index >= 15 is 0 Å². The Balaban J connectivity index is 1.95. The van der Waals surface area contributed by atoms with Gasteiger partial charge in [-0.2, -0.15) is 5.26 Å². The Kier molecular flexibility index (Phi) is 6.37. The van der Waals surface area contributed by atoms with Gasteiger partial charge in [0.05, 0.1) is 11.3 Å². The summed E-state index contributed by atoms with van der Waals surface area (Å²) in [5.41, 5.74) is 4.64. The third-order valence-corrected chi connectivity index (χ3v) is 5.13. The van der Waals surface area contributed by atoms with Crippen LogP contribution in [0.15, 0.2) is 60.2 Å². The van der Waals surface area contributed by atoms with Gasteiger partial charge >= 0.3 is 5.97 Å². The summed E-state index contributed by atoms with van der Waals surface area (Å²) in [6.45, 7) is 5.73. The number of benzene rings is 2. The molecule has 0 fully saturated rings. The van der Waals surface area contributed by atoms with E-state index in [-0.39, 0.29) is 11.1 Å². The van der Waals surface area contributed by atoms with Gasteiger partial charge in [0, 0.05) is 17.1 Å². The minimum atomic E-state index is -1.02. The molecule has 156 valence electrons. The van der Waals surface area contributed by atoms with Crippen molar-refractivity contribution in [3.05, 3.63) is 88.2 Å². The molecule has 0 saturated heterocycles. The SMILES string of the molecule is CCc1ccc(NC(=O)/C(C#N)=C\c2cc(C)n(-c3ccccc3C(=O)O)c2C)cc1. The molecule has 31 heavy (non-hydrogen) atoms. The predicted molar refractivity (Wildman–Crippen MR) is 120 cm³/mol. The quantitative estimate of drug-likeness (QED) is 0.444. The van der Waals surface area contributed by atoms with Crippen LogP contribution < -0.4 is 5.32 Å². The zero-order valence-corrected chi connectivity index (χ0v) is 17.6. The summed E-state index contributed by atoms with van der Waals surface area (Å²) >= 11 is 0. The second-order valence-electron chi connectivity index (χ2n) is 7.16. The number of para-hydroxylation sites is 1. The number of hydrogen-bond acceptors (Lipinski definition) is 3. The van der Waals surface area contributed by atoms with Crippen LogP contribution in [-0.4, -0.2) is 21.6 Å². The third kappa shape index (κ3) is 4.57. The second kappa shape index (κ2) is 9.14. The Bertz CT molecular complexity index is 1210. The maximum absolute atomic E-state index is 12.6. The summed E-state index contributed by atoms with van der Waals surface area (Å²) in [6, 6.07) is 18.0. The van der Waals surface area contributed by atoms with Gasteiger partial charge in [-0.25, -0.2) is 4.79 Å². The first-order chi connectivity index (χ1) is 14.8. The average molecular weight is 413 g/mol. The standard InChI is InChI=1S/C25H23N3O3/c1-4-18-9-11-21(12-10-18)27-24(29)20(15-26)14-19-13-16(2)28(17(19)3)23-8-6-5-7-22(23)25(30)31/h5-14H,4H2,1-3H3,(H,27,29)(H,30,31)/b20-14-. The monoisotopic (exact) mass is 413 g/mol. The molecule has 0 saturated carbocycles. The number of carboxylic acids is 1. The Hall–Kier alpha value is -4.11. The number of amides is 1. The second-order valence-corrected chi connectivity index (χ2v) is 7.16. The first-order valence-corrected chi connectivity index (χ1v) is 9.89. The van der Waals surface area contributed by atoms with E-state index in [0.29, 0.717) is 16.9 Å². The molecule has 0 radical (unpaired) electrons. The highest BCUT2D eigenvalue weighted by atomic mass is 16.4. The molecule has 3 aromatic rings. The van der Waals surface area contributed by atoms with E-state index in [1.165, 1.54) is 6.08 Å². The number of aromatic nitrogens is 1. The average Bonchev–Trinajstić information content (AvgIpc) is 3.05. The van der Waals surface area contributed by atoms with E-state index in [9.17, 15) is 20.0 Å². The van der Waals surface area contributed by atoms with Crippen molar-refractivity contribution in [2.75, 3.05) is 5.32 Å². The Morgan fingerprint density at radius 1 is 1.13 bits per heavy atom. The molecule has 6 heteroatoms. The zero-order valence-electron chi connectivity index (χ0n) is 17.6. The molecule has 0 aliphatic carbocycles. The van der Waals surface area contributed by atoms with Crippen LogP contribution in [0.4, 0.5) is 5.69 Å². The predicted octanol–water partition coefficient (Wildman–Crippen LogP) is 4.90. The van der Waals surface area contributed by atoms with Crippen LogP contribution in [0.1, 0.15) is 39.8 Å². The molecule has 0 unspecified atom stereocenters. The summed E-state index contributed by atoms with van der Waals surface area (Å²) in [5, 5.41) is 21.8. The molecule has 2 aromatic carbocycles. The fourth-order valence-corrected chi connectivity index (χ4v) is 3.48. The number of nitrogens with one attached hydrogen (secondary N) is 1. The van der Waals surface area contributed by atoms with E-state index in [0.717, 1.165) is 23.4 Å². The van der Waals surface area contributed by atoms with Crippen LogP contribution in [0.25, 0.3) is 11.8 Å². The van der Waals surface area contributed by atoms with Gasteiger partial charge < -0.3 is 15.0 Å². The minimum absolute atomic E-state index is 0.0358. The summed E-state index contributed by atoms with van der Waals surface area (Å²) in [6.07, 6.45) is 2.43. The van der Waals surface area contributed by atoms with Crippen molar-refractivity contribution >= 4 is 23.6 Å². The number of carbonyl (C=O) groups excluding carboxylic acids is 1. The lowest BCUT2D eigenvalue weighted by Crippen LogP contribution is -2.13. The fourth-order valence-electron chi connectivity index (χ4n) is 3.48. The van der Waals surface area contributed by atoms with Gasteiger partial charge in [-0.15, -0.1) is 0 Å². The molecule has 2 N–H and O–H groups in total. The van der Waals surface area contributed by atoms with Gasteiger partial charge in [0.2, 0.25) is 0 Å². The molecule has 0 aliphatic heterocycles. The summed E-state index contributed by atoms with van der Waals surface area (Å²) in [5.74, 6) is -1.52. The van der Waals surface area contributed by atoms with Crippen molar-refractivity contribution in [1.82, 2.24) is 4.57 Å². The highest BCUT2D eigenvalue weighted by Crippen LogP contribution is 2.25. The lowest BCUT2D eigenvalue weighted by Gasteiger charge is -2.12. The van der Waals surface area contributed by atoms with Crippen LogP contribution >= 0.6 is 0 Å². The fraction of sp³-hybridized carbons (Fsp3) is 0.160. The number of aryl methyl sites for hydroxylation is 2. The number of nitrogens with zero attached hydrogens (tertiary/aromatic N) is 2. The first kappa shape index (κ1) is 21.6. The van der Waals surface area contributed by atoms with Gasteiger partial charge in [-0.05, 0) is 67.8 Å². The van der Waals surface area contributed by atoms with Crippen molar-refractivity contribution < 1.29 is 14.7 Å². The Morgan fingerprint density at radius 2 is 1.81 bits per heavy atom. The molecule has 6 nitrogen and oxygen atoms in total. The molecule has 1 aromatic heterocycles. The van der Waals surface area contributed by atoms with Crippen molar-refractivity contribution in [3.8, 4) is 11.8 Å². The molecule has 1 heterocycles. The molecule has 0 bridgehead atoms. The van der Waals surface area contributed by atoms with Crippen LogP contribution in [0, 0.1) is 25.2 Å². The summed E-state index contributed by atoms with van der Waals surface area (Å²) in [7, 11) is 0. The van der Waals surface area contributed by atoms with Gasteiger partial charge in [-0.1, -0.05) is 31.2 Å². The number of carboxylic acid groups (broad SMARTS) is 1. The van der Waals surface area contributed by atoms with Gasteiger partial charge in [0.15, 0.2) is 0 Å². The molecule has 0 aliphatic rings. The van der Waals surface area contributed by atoms with Crippen LogP contribution in [0.3, 0.4) is 0 Å². The summed E-state index contributed by atoms with van der Waals surface area (Å²) in [4.78, 5) is 24.3. The van der Waals surface area contributed by atoms with Crippen molar-refractivity contribution in [3.63, 3.8) is 0 Å². The zero-order chi connectivity index (χ0) is 22.5. The normalized spacial score (nSPS) is 11.1. The largest absolute Gasteiger partial charge is 0.478 e. The molecule has 3 rings (SSSR count). The number of rotatable bonds is 6. The first-order valence-electron chi connectivity index (χ1n) is 9.89. The van der Waals surface area contributed by atoms with Gasteiger partial charge in [0.25, 0.3) is 5.91 Å². The lowest BCUT2D eigenvalue weighted by molar-refractivity contribution is -0.112. The topological polar surface area (TPSA) is 95.1 Å². The van der Waals surface area contributed by atoms with E-state index < -0.39 is 11.9 Å². The highest BCUT2D eigenvalue weighted by molar-refractivity contribution is 6.09. The van der Waals surface area contributed by atoms with E-state index in [1.54, 1.807) is 36.4 Å². The van der Waals surface area contributed by atoms with E-state index in [4.69, 9.17) is 0 Å². The highest BCUT2D eigenvalue weighted by Gasteiger charge is 2.17. The molecule has 0 atom stereocenters. The number of aromatic carboxylic acids is 1. The molecule has 1 amide bonds. The Labute approximate surface area is 181 Å². The minimum Gasteiger partial charge on any atom is -0.478 e. The molecular weight excluding hydrogens is 390 g/mol. The third-order valence-electron chi connectivity index (χ3n) is 5.13. The Morgan fingerprint density at radius 3 is 2.42 bits per heavy atom. The van der Waals surface area contributed by atoms with Crippen molar-refractivity contribution in [1.29, 1.82) is 5.26 Å². The van der Waals surface area contributed by atoms with E-state index in [2.05, 4.69) is 12.2 Å². The summed E-state index contributed by atoms with van der Waals surface area (Å²) < 4.78 is 1.81. The number of nitriles is 1. The van der Waals surface area contributed by atoms with Crippen LogP contribution in [-0.2, 0) is 11.2 Å². The number of hydrogen-bond donors (Lipinski definition) is 2. The number of carbonyl (C=O) groups is 2.